The van der Waals surface area contributed by atoms with E-state index in [1.165, 1.54) is 17.8 Å². The number of hydrogen-bond acceptors (Lipinski definition) is 8. The first kappa shape index (κ1) is 26.4. The molecule has 1 aromatic heterocycles. The Balaban J connectivity index is 1.58. The van der Waals surface area contributed by atoms with Gasteiger partial charge >= 0.3 is 5.97 Å². The summed E-state index contributed by atoms with van der Waals surface area (Å²) in [5, 5.41) is 11.9. The van der Waals surface area contributed by atoms with E-state index in [9.17, 15) is 9.59 Å². The average molecular weight is 519 g/mol. The quantitative estimate of drug-likeness (QED) is 0.305. The number of benzene rings is 2. The standard InChI is InChI=1S/C24H27ClN4O5S/c1-14(2)34-23(31)16-7-8-17(25)18(11-16)26-22(30)13-35-24-28-27-21(29(24)4)12-33-19-9-6-15(3)10-20(19)32-5/h6-11,14H,12-13H2,1-5H3,(H,26,30). The number of esters is 1. The second-order valence-corrected chi connectivity index (χ2v) is 9.24. The normalized spacial score (nSPS) is 10.8. The molecule has 0 bridgehead atoms. The number of aryl methyl sites for hydroxylation is 1. The SMILES string of the molecule is COc1cc(C)ccc1OCc1nnc(SCC(=O)Nc2cc(C(=O)OC(C)C)ccc2Cl)n1C. The molecule has 0 spiro atoms. The van der Waals surface area contributed by atoms with Crippen molar-refractivity contribution in [1.29, 1.82) is 0 Å². The van der Waals surface area contributed by atoms with Crippen LogP contribution in [0, 0.1) is 6.92 Å². The zero-order valence-electron chi connectivity index (χ0n) is 20.1. The van der Waals surface area contributed by atoms with Crippen molar-refractivity contribution in [1.82, 2.24) is 14.8 Å². The van der Waals surface area contributed by atoms with Crippen LogP contribution in [-0.4, -0.2) is 45.6 Å². The Hall–Kier alpha value is -3.24. The lowest BCUT2D eigenvalue weighted by atomic mass is 10.2. The van der Waals surface area contributed by atoms with Crippen molar-refractivity contribution in [2.45, 2.75) is 38.6 Å². The van der Waals surface area contributed by atoms with Crippen LogP contribution in [-0.2, 0) is 23.2 Å². The van der Waals surface area contributed by atoms with Crippen LogP contribution in [0.15, 0.2) is 41.6 Å². The second-order valence-electron chi connectivity index (χ2n) is 7.89. The van der Waals surface area contributed by atoms with Crippen molar-refractivity contribution in [3.8, 4) is 11.5 Å². The van der Waals surface area contributed by atoms with Crippen LogP contribution >= 0.6 is 23.4 Å². The van der Waals surface area contributed by atoms with Gasteiger partial charge in [0.05, 0.1) is 35.2 Å². The number of nitrogens with zero attached hydrogens (tertiary/aromatic N) is 3. The van der Waals surface area contributed by atoms with Crippen LogP contribution in [0.5, 0.6) is 11.5 Å². The number of amides is 1. The lowest BCUT2D eigenvalue weighted by molar-refractivity contribution is -0.113. The smallest absolute Gasteiger partial charge is 0.338 e. The van der Waals surface area contributed by atoms with Gasteiger partial charge in [0.2, 0.25) is 5.91 Å². The number of carbonyl (C=O) groups excluding carboxylic acids is 2. The number of methoxy groups -OCH3 is 1. The van der Waals surface area contributed by atoms with Crippen LogP contribution in [0.3, 0.4) is 0 Å². The summed E-state index contributed by atoms with van der Waals surface area (Å²) in [6.45, 7) is 5.68. The molecule has 1 amide bonds. The molecular weight excluding hydrogens is 492 g/mol. The van der Waals surface area contributed by atoms with Gasteiger partial charge in [0.25, 0.3) is 0 Å². The van der Waals surface area contributed by atoms with Crippen molar-refractivity contribution in [2.24, 2.45) is 7.05 Å². The van der Waals surface area contributed by atoms with Gasteiger partial charge in [0.15, 0.2) is 22.5 Å². The van der Waals surface area contributed by atoms with Crippen LogP contribution in [0.1, 0.15) is 35.6 Å². The molecule has 9 nitrogen and oxygen atoms in total. The molecule has 0 fully saturated rings. The molecule has 186 valence electrons. The minimum absolute atomic E-state index is 0.0651. The summed E-state index contributed by atoms with van der Waals surface area (Å²) in [6, 6.07) is 10.2. The molecule has 0 saturated carbocycles. The minimum atomic E-state index is -0.487. The maximum absolute atomic E-state index is 12.5. The van der Waals surface area contributed by atoms with E-state index in [4.69, 9.17) is 25.8 Å². The number of hydrogen-bond donors (Lipinski definition) is 1. The predicted octanol–water partition coefficient (Wildman–Crippen LogP) is 4.66. The molecule has 0 aliphatic heterocycles. The third kappa shape index (κ3) is 7.12. The molecule has 0 unspecified atom stereocenters. The fourth-order valence-corrected chi connectivity index (χ4v) is 3.87. The Morgan fingerprint density at radius 3 is 2.63 bits per heavy atom. The van der Waals surface area contributed by atoms with Gasteiger partial charge in [0.1, 0.15) is 6.61 Å². The number of halogens is 1. The molecule has 1 N–H and O–H groups in total. The van der Waals surface area contributed by atoms with Crippen molar-refractivity contribution in [2.75, 3.05) is 18.2 Å². The number of ether oxygens (including phenoxy) is 3. The number of thioether (sulfide) groups is 1. The van der Waals surface area contributed by atoms with E-state index < -0.39 is 5.97 Å². The van der Waals surface area contributed by atoms with E-state index in [0.717, 1.165) is 5.56 Å². The van der Waals surface area contributed by atoms with Crippen LogP contribution in [0.4, 0.5) is 5.69 Å². The van der Waals surface area contributed by atoms with Gasteiger partial charge in [-0.2, -0.15) is 0 Å². The number of carbonyl (C=O) groups is 2. The third-order valence-electron chi connectivity index (χ3n) is 4.75. The van der Waals surface area contributed by atoms with E-state index in [0.29, 0.717) is 38.8 Å². The summed E-state index contributed by atoms with van der Waals surface area (Å²) in [5.74, 6) is 1.10. The van der Waals surface area contributed by atoms with Crippen LogP contribution in [0.2, 0.25) is 5.02 Å². The molecule has 3 aromatic rings. The highest BCUT2D eigenvalue weighted by molar-refractivity contribution is 7.99. The lowest BCUT2D eigenvalue weighted by Crippen LogP contribution is -2.16. The summed E-state index contributed by atoms with van der Waals surface area (Å²) < 4.78 is 18.2. The highest BCUT2D eigenvalue weighted by Gasteiger charge is 2.16. The topological polar surface area (TPSA) is 105 Å². The minimum Gasteiger partial charge on any atom is -0.493 e. The monoisotopic (exact) mass is 518 g/mol. The highest BCUT2D eigenvalue weighted by atomic mass is 35.5. The van der Waals surface area contributed by atoms with E-state index in [-0.39, 0.29) is 24.4 Å². The Morgan fingerprint density at radius 2 is 1.91 bits per heavy atom. The van der Waals surface area contributed by atoms with Gasteiger partial charge in [0, 0.05) is 7.05 Å². The Kier molecular flexibility index (Phi) is 9.00. The Morgan fingerprint density at radius 1 is 1.14 bits per heavy atom. The summed E-state index contributed by atoms with van der Waals surface area (Å²) in [7, 11) is 3.39. The highest BCUT2D eigenvalue weighted by Crippen LogP contribution is 2.29. The largest absolute Gasteiger partial charge is 0.493 e. The number of rotatable bonds is 10. The predicted molar refractivity (Wildman–Crippen MR) is 134 cm³/mol. The van der Waals surface area contributed by atoms with Crippen LogP contribution < -0.4 is 14.8 Å². The summed E-state index contributed by atoms with van der Waals surface area (Å²) >= 11 is 7.40. The first-order chi connectivity index (χ1) is 16.7. The van der Waals surface area contributed by atoms with Gasteiger partial charge in [-0.05, 0) is 56.7 Å². The zero-order chi connectivity index (χ0) is 25.5. The van der Waals surface area contributed by atoms with E-state index in [2.05, 4.69) is 15.5 Å². The fourth-order valence-electron chi connectivity index (χ4n) is 2.98. The van der Waals surface area contributed by atoms with Gasteiger partial charge in [-0.3, -0.25) is 4.79 Å². The van der Waals surface area contributed by atoms with Gasteiger partial charge in [-0.25, -0.2) is 4.79 Å². The molecule has 0 aliphatic rings. The van der Waals surface area contributed by atoms with Gasteiger partial charge in [-0.15, -0.1) is 10.2 Å². The molecule has 0 aliphatic carbocycles. The molecule has 3 rings (SSSR count). The molecular formula is C24H27ClN4O5S. The molecule has 2 aromatic carbocycles. The maximum atomic E-state index is 12.5. The molecule has 1 heterocycles. The molecule has 11 heteroatoms. The fraction of sp³-hybridized carbons (Fsp3) is 0.333. The van der Waals surface area contributed by atoms with Gasteiger partial charge in [-0.1, -0.05) is 29.4 Å². The lowest BCUT2D eigenvalue weighted by Gasteiger charge is -2.11. The number of anilines is 1. The first-order valence-corrected chi connectivity index (χ1v) is 12.1. The molecule has 0 radical (unpaired) electrons. The maximum Gasteiger partial charge on any atom is 0.338 e. The Bertz CT molecular complexity index is 1210. The van der Waals surface area contributed by atoms with E-state index in [1.807, 2.05) is 25.1 Å². The first-order valence-electron chi connectivity index (χ1n) is 10.8. The van der Waals surface area contributed by atoms with E-state index >= 15 is 0 Å². The van der Waals surface area contributed by atoms with E-state index in [1.54, 1.807) is 44.7 Å². The third-order valence-corrected chi connectivity index (χ3v) is 6.10. The summed E-state index contributed by atoms with van der Waals surface area (Å²) in [5.41, 5.74) is 1.69. The van der Waals surface area contributed by atoms with Crippen molar-refractivity contribution in [3.05, 3.63) is 58.4 Å². The van der Waals surface area contributed by atoms with Crippen molar-refractivity contribution >= 4 is 40.9 Å². The molecule has 0 atom stereocenters. The van der Waals surface area contributed by atoms with Gasteiger partial charge < -0.3 is 24.1 Å². The summed E-state index contributed by atoms with van der Waals surface area (Å²) in [6.07, 6.45) is -0.256. The van der Waals surface area contributed by atoms with Crippen molar-refractivity contribution in [3.63, 3.8) is 0 Å². The Labute approximate surface area is 213 Å². The number of aromatic nitrogens is 3. The molecule has 35 heavy (non-hydrogen) atoms. The summed E-state index contributed by atoms with van der Waals surface area (Å²) in [4.78, 5) is 24.7. The molecule has 0 saturated heterocycles. The second kappa shape index (κ2) is 11.9. The number of nitrogens with one attached hydrogen (secondary N) is 1. The van der Waals surface area contributed by atoms with Crippen molar-refractivity contribution < 1.29 is 23.8 Å². The zero-order valence-corrected chi connectivity index (χ0v) is 21.7. The van der Waals surface area contributed by atoms with Crippen LogP contribution in [0.25, 0.3) is 0 Å². The average Bonchev–Trinajstić information content (AvgIpc) is 3.16.